The summed E-state index contributed by atoms with van der Waals surface area (Å²) in [6, 6.07) is 6.96. The lowest BCUT2D eigenvalue weighted by molar-refractivity contribution is 0.481. The van der Waals surface area contributed by atoms with E-state index in [4.69, 9.17) is 0 Å². The fourth-order valence-corrected chi connectivity index (χ4v) is 2.40. The molecule has 0 radical (unpaired) electrons. The number of hydrogen-bond acceptors (Lipinski definition) is 1. The zero-order valence-electron chi connectivity index (χ0n) is 14.7. The van der Waals surface area contributed by atoms with Gasteiger partial charge in [-0.25, -0.2) is 0 Å². The van der Waals surface area contributed by atoms with Gasteiger partial charge in [-0.3, -0.25) is 4.99 Å². The summed E-state index contributed by atoms with van der Waals surface area (Å²) in [4.78, 5) is 7.64. The second-order valence-corrected chi connectivity index (χ2v) is 6.29. The summed E-state index contributed by atoms with van der Waals surface area (Å²) in [5.74, 6) is 1.45. The van der Waals surface area contributed by atoms with Gasteiger partial charge in [0.2, 0.25) is 0 Å². The van der Waals surface area contributed by atoms with Gasteiger partial charge in [0.1, 0.15) is 0 Å². The number of guanidine groups is 1. The van der Waals surface area contributed by atoms with Gasteiger partial charge < -0.3 is 15.6 Å². The van der Waals surface area contributed by atoms with Crippen LogP contribution in [-0.2, 0) is 6.42 Å². The Balaban J connectivity index is 0.00000264. The van der Waals surface area contributed by atoms with Crippen LogP contribution in [0.2, 0.25) is 0 Å². The molecule has 0 aliphatic carbocycles. The Bertz CT molecular complexity index is 646. The maximum atomic E-state index is 4.29. The number of benzene rings is 1. The summed E-state index contributed by atoms with van der Waals surface area (Å²) in [6.07, 6.45) is 3.08. The molecule has 0 spiro atoms. The Hall–Kier alpha value is -1.24. The lowest BCUT2D eigenvalue weighted by Gasteiger charge is -2.20. The molecule has 0 fully saturated rings. The predicted molar refractivity (Wildman–Crippen MR) is 111 cm³/mol. The normalized spacial score (nSPS) is 13.0. The molecule has 1 atom stereocenters. The third-order valence-electron chi connectivity index (χ3n) is 4.20. The number of aromatic nitrogens is 1. The highest BCUT2D eigenvalue weighted by molar-refractivity contribution is 14.0. The van der Waals surface area contributed by atoms with Crippen molar-refractivity contribution in [3.8, 4) is 0 Å². The predicted octanol–water partition coefficient (Wildman–Crippen LogP) is 3.85. The summed E-state index contributed by atoms with van der Waals surface area (Å²) in [5.41, 5.74) is 3.84. The van der Waals surface area contributed by atoms with Crippen molar-refractivity contribution < 1.29 is 0 Å². The molecule has 2 aromatic rings. The Kier molecular flexibility index (Phi) is 7.88. The topological polar surface area (TPSA) is 52.2 Å². The van der Waals surface area contributed by atoms with E-state index in [2.05, 4.69) is 72.7 Å². The number of aryl methyl sites for hydroxylation is 1. The molecule has 1 unspecified atom stereocenters. The minimum absolute atomic E-state index is 0. The van der Waals surface area contributed by atoms with E-state index < -0.39 is 0 Å². The summed E-state index contributed by atoms with van der Waals surface area (Å²) in [5, 5.41) is 8.13. The van der Waals surface area contributed by atoms with Crippen molar-refractivity contribution in [1.82, 2.24) is 15.6 Å². The van der Waals surface area contributed by atoms with Crippen LogP contribution >= 0.6 is 24.0 Å². The molecule has 23 heavy (non-hydrogen) atoms. The lowest BCUT2D eigenvalue weighted by Crippen LogP contribution is -2.44. The number of nitrogens with zero attached hydrogens (tertiary/aromatic N) is 1. The average Bonchev–Trinajstić information content (AvgIpc) is 2.88. The Morgan fingerprint density at radius 1 is 1.26 bits per heavy atom. The SMILES string of the molecule is CN=C(NCCc1c[nH]c2cc(C)ccc12)NC(C)C(C)C.I. The molecular formula is C18H29IN4. The van der Waals surface area contributed by atoms with Gasteiger partial charge in [-0.05, 0) is 43.4 Å². The van der Waals surface area contributed by atoms with Gasteiger partial charge in [0, 0.05) is 36.7 Å². The van der Waals surface area contributed by atoms with E-state index in [9.17, 15) is 0 Å². The second kappa shape index (κ2) is 9.15. The number of hydrogen-bond donors (Lipinski definition) is 3. The maximum absolute atomic E-state index is 4.29. The van der Waals surface area contributed by atoms with Crippen molar-refractivity contribution >= 4 is 40.8 Å². The van der Waals surface area contributed by atoms with Crippen molar-refractivity contribution in [2.75, 3.05) is 13.6 Å². The molecule has 0 saturated carbocycles. The summed E-state index contributed by atoms with van der Waals surface area (Å²) in [6.45, 7) is 9.58. The fourth-order valence-electron chi connectivity index (χ4n) is 2.40. The van der Waals surface area contributed by atoms with E-state index >= 15 is 0 Å². The van der Waals surface area contributed by atoms with E-state index in [0.717, 1.165) is 18.9 Å². The van der Waals surface area contributed by atoms with Crippen LogP contribution in [0, 0.1) is 12.8 Å². The largest absolute Gasteiger partial charge is 0.361 e. The van der Waals surface area contributed by atoms with Gasteiger partial charge in [-0.15, -0.1) is 24.0 Å². The second-order valence-electron chi connectivity index (χ2n) is 6.29. The highest BCUT2D eigenvalue weighted by Gasteiger charge is 2.09. The maximum Gasteiger partial charge on any atom is 0.191 e. The number of rotatable bonds is 5. The molecule has 4 nitrogen and oxygen atoms in total. The monoisotopic (exact) mass is 428 g/mol. The van der Waals surface area contributed by atoms with E-state index in [1.807, 2.05) is 7.05 Å². The summed E-state index contributed by atoms with van der Waals surface area (Å²) >= 11 is 0. The van der Waals surface area contributed by atoms with Gasteiger partial charge in [-0.1, -0.05) is 26.0 Å². The van der Waals surface area contributed by atoms with Crippen LogP contribution < -0.4 is 10.6 Å². The van der Waals surface area contributed by atoms with Crippen LogP contribution in [0.15, 0.2) is 29.4 Å². The van der Waals surface area contributed by atoms with E-state index in [0.29, 0.717) is 12.0 Å². The number of aliphatic imine (C=N–C) groups is 1. The highest BCUT2D eigenvalue weighted by atomic mass is 127. The van der Waals surface area contributed by atoms with Crippen LogP contribution in [-0.4, -0.2) is 30.6 Å². The summed E-state index contributed by atoms with van der Waals surface area (Å²) < 4.78 is 0. The first-order valence-corrected chi connectivity index (χ1v) is 8.05. The van der Waals surface area contributed by atoms with Crippen LogP contribution in [0.1, 0.15) is 31.9 Å². The van der Waals surface area contributed by atoms with Crippen LogP contribution in [0.4, 0.5) is 0 Å². The van der Waals surface area contributed by atoms with E-state index in [1.165, 1.54) is 22.0 Å². The van der Waals surface area contributed by atoms with Crippen molar-refractivity contribution in [2.24, 2.45) is 10.9 Å². The molecule has 0 aliphatic rings. The zero-order chi connectivity index (χ0) is 16.1. The first-order valence-electron chi connectivity index (χ1n) is 8.05. The Labute approximate surface area is 156 Å². The number of fused-ring (bicyclic) bond motifs is 1. The molecule has 3 N–H and O–H groups in total. The molecule has 2 rings (SSSR count). The van der Waals surface area contributed by atoms with Gasteiger partial charge in [0.25, 0.3) is 0 Å². The first-order chi connectivity index (χ1) is 10.5. The third kappa shape index (κ3) is 5.41. The third-order valence-corrected chi connectivity index (χ3v) is 4.20. The minimum Gasteiger partial charge on any atom is -0.361 e. The fraction of sp³-hybridized carbons (Fsp3) is 0.500. The molecule has 0 saturated heterocycles. The van der Waals surface area contributed by atoms with Gasteiger partial charge in [-0.2, -0.15) is 0 Å². The highest BCUT2D eigenvalue weighted by Crippen LogP contribution is 2.19. The van der Waals surface area contributed by atoms with Gasteiger partial charge in [0.15, 0.2) is 5.96 Å². The number of nitrogens with one attached hydrogen (secondary N) is 3. The molecule has 0 amide bonds. The van der Waals surface area contributed by atoms with E-state index in [1.54, 1.807) is 0 Å². The Morgan fingerprint density at radius 3 is 2.65 bits per heavy atom. The standard InChI is InChI=1S/C18H28N4.HI/c1-12(2)14(4)22-18(19-5)20-9-8-15-11-21-17-10-13(3)6-7-16(15)17;/h6-7,10-12,14,21H,8-9H2,1-5H3,(H2,19,20,22);1H. The van der Waals surface area contributed by atoms with Crippen molar-refractivity contribution in [1.29, 1.82) is 0 Å². The average molecular weight is 428 g/mol. The molecule has 1 aromatic heterocycles. The molecule has 1 aromatic carbocycles. The van der Waals surface area contributed by atoms with Gasteiger partial charge in [0.05, 0.1) is 0 Å². The zero-order valence-corrected chi connectivity index (χ0v) is 17.1. The number of aromatic amines is 1. The summed E-state index contributed by atoms with van der Waals surface area (Å²) in [7, 11) is 1.82. The molecular weight excluding hydrogens is 399 g/mol. The van der Waals surface area contributed by atoms with Crippen LogP contribution in [0.25, 0.3) is 10.9 Å². The van der Waals surface area contributed by atoms with Crippen molar-refractivity contribution in [2.45, 2.75) is 40.2 Å². The van der Waals surface area contributed by atoms with Crippen LogP contribution in [0.3, 0.4) is 0 Å². The van der Waals surface area contributed by atoms with Gasteiger partial charge >= 0.3 is 0 Å². The van der Waals surface area contributed by atoms with Crippen molar-refractivity contribution in [3.63, 3.8) is 0 Å². The Morgan fingerprint density at radius 2 is 2.00 bits per heavy atom. The molecule has 0 bridgehead atoms. The number of H-pyrrole nitrogens is 1. The molecule has 5 heteroatoms. The first kappa shape index (κ1) is 19.8. The minimum atomic E-state index is 0. The lowest BCUT2D eigenvalue weighted by atomic mass is 10.1. The van der Waals surface area contributed by atoms with E-state index in [-0.39, 0.29) is 24.0 Å². The molecule has 1 heterocycles. The van der Waals surface area contributed by atoms with Crippen LogP contribution in [0.5, 0.6) is 0 Å². The molecule has 128 valence electrons. The molecule has 0 aliphatic heterocycles. The van der Waals surface area contributed by atoms with Crippen molar-refractivity contribution in [3.05, 3.63) is 35.5 Å². The quantitative estimate of drug-likeness (QED) is 0.385. The smallest absolute Gasteiger partial charge is 0.191 e. The number of halogens is 1.